The van der Waals surface area contributed by atoms with Crippen LogP contribution in [0, 0.1) is 0 Å². The van der Waals surface area contributed by atoms with Crippen molar-refractivity contribution < 1.29 is 13.2 Å². The van der Waals surface area contributed by atoms with E-state index in [0.717, 1.165) is 6.42 Å². The Morgan fingerprint density at radius 2 is 2.09 bits per heavy atom. The predicted molar refractivity (Wildman–Crippen MR) is 45.8 cm³/mol. The zero-order valence-electron chi connectivity index (χ0n) is 5.79. The van der Waals surface area contributed by atoms with Crippen LogP contribution in [0.3, 0.4) is 0 Å². The summed E-state index contributed by atoms with van der Waals surface area (Å²) in [5.41, 5.74) is -0.344. The number of alkyl halides is 4. The third-order valence-corrected chi connectivity index (χ3v) is 2.65. The quantitative estimate of drug-likeness (QED) is 0.361. The first kappa shape index (κ1) is 9.35. The Bertz CT molecular complexity index is 171. The second kappa shape index (κ2) is 3.33. The fraction of sp³-hybridized carbons (Fsp3) is 0.714. The fourth-order valence-electron chi connectivity index (χ4n) is 1.11. The van der Waals surface area contributed by atoms with Crippen molar-refractivity contribution in [2.75, 3.05) is 0 Å². The molecule has 1 aliphatic carbocycles. The highest BCUT2D eigenvalue weighted by Crippen LogP contribution is 2.34. The van der Waals surface area contributed by atoms with Gasteiger partial charge in [0, 0.05) is 9.50 Å². The van der Waals surface area contributed by atoms with Gasteiger partial charge in [-0.1, -0.05) is 28.7 Å². The minimum atomic E-state index is -4.09. The lowest BCUT2D eigenvalue weighted by molar-refractivity contribution is -0.0949. The molecule has 0 spiro atoms. The van der Waals surface area contributed by atoms with Crippen LogP contribution >= 0.6 is 22.6 Å². The maximum atomic E-state index is 12.0. The van der Waals surface area contributed by atoms with Crippen molar-refractivity contribution in [2.24, 2.45) is 0 Å². The summed E-state index contributed by atoms with van der Waals surface area (Å²) in [5, 5.41) is 0. The van der Waals surface area contributed by atoms with Crippen molar-refractivity contribution in [1.82, 2.24) is 0 Å². The van der Waals surface area contributed by atoms with Crippen molar-refractivity contribution in [3.63, 3.8) is 0 Å². The monoisotopic (exact) mass is 276 g/mol. The molecule has 0 aromatic heterocycles. The van der Waals surface area contributed by atoms with E-state index in [9.17, 15) is 13.2 Å². The molecule has 0 amide bonds. The number of rotatable bonds is 0. The second-order valence-electron chi connectivity index (χ2n) is 2.60. The van der Waals surface area contributed by atoms with Gasteiger partial charge < -0.3 is 0 Å². The van der Waals surface area contributed by atoms with E-state index in [1.807, 2.05) is 22.6 Å². The molecule has 0 saturated heterocycles. The molecule has 0 saturated carbocycles. The zero-order valence-corrected chi connectivity index (χ0v) is 7.95. The molecule has 0 nitrogen and oxygen atoms in total. The van der Waals surface area contributed by atoms with Gasteiger partial charge in [-0.3, -0.25) is 0 Å². The molecular weight excluding hydrogens is 268 g/mol. The lowest BCUT2D eigenvalue weighted by Crippen LogP contribution is -2.16. The molecule has 64 valence electrons. The molecule has 0 aromatic rings. The van der Waals surface area contributed by atoms with Crippen LogP contribution in [0.5, 0.6) is 0 Å². The number of hydrogen-bond donors (Lipinski definition) is 0. The summed E-state index contributed by atoms with van der Waals surface area (Å²) >= 11 is 2.04. The van der Waals surface area contributed by atoms with E-state index < -0.39 is 6.18 Å². The first-order chi connectivity index (χ1) is 5.00. The number of allylic oxidation sites excluding steroid dienone is 2. The fourth-order valence-corrected chi connectivity index (χ4v) is 1.98. The van der Waals surface area contributed by atoms with Crippen LogP contribution in [0.25, 0.3) is 0 Å². The molecule has 0 aliphatic heterocycles. The highest BCUT2D eigenvalue weighted by atomic mass is 127. The van der Waals surface area contributed by atoms with E-state index in [-0.39, 0.29) is 15.9 Å². The van der Waals surface area contributed by atoms with Gasteiger partial charge in [0.1, 0.15) is 0 Å². The first-order valence-electron chi connectivity index (χ1n) is 3.42. The van der Waals surface area contributed by atoms with E-state index in [4.69, 9.17) is 0 Å². The zero-order chi connectivity index (χ0) is 8.48. The molecule has 1 atom stereocenters. The molecular formula is C7H8F3I. The predicted octanol–water partition coefficient (Wildman–Crippen LogP) is 3.46. The molecule has 1 rings (SSSR count). The third-order valence-electron chi connectivity index (χ3n) is 1.67. The van der Waals surface area contributed by atoms with Crippen LogP contribution in [-0.4, -0.2) is 10.1 Å². The Kier molecular flexibility index (Phi) is 2.83. The van der Waals surface area contributed by atoms with Gasteiger partial charge in [-0.2, -0.15) is 13.2 Å². The van der Waals surface area contributed by atoms with E-state index in [1.54, 1.807) is 0 Å². The van der Waals surface area contributed by atoms with Crippen molar-refractivity contribution >= 4 is 22.6 Å². The average Bonchev–Trinajstić information content (AvgIpc) is 1.86. The standard InChI is InChI=1S/C7H8F3I/c8-7(9,10)5-2-1-3-6(11)4-5/h4,6H,1-3H2. The molecule has 1 unspecified atom stereocenters. The molecule has 11 heavy (non-hydrogen) atoms. The summed E-state index contributed by atoms with van der Waals surface area (Å²) in [6.45, 7) is 0. The van der Waals surface area contributed by atoms with Crippen molar-refractivity contribution in [3.05, 3.63) is 11.6 Å². The highest BCUT2D eigenvalue weighted by molar-refractivity contribution is 14.1. The SMILES string of the molecule is FC(F)(F)C1=CC(I)CCC1. The van der Waals surface area contributed by atoms with Crippen LogP contribution in [-0.2, 0) is 0 Å². The summed E-state index contributed by atoms with van der Waals surface area (Å²) < 4.78 is 36.2. The van der Waals surface area contributed by atoms with E-state index in [2.05, 4.69) is 0 Å². The van der Waals surface area contributed by atoms with Gasteiger partial charge in [-0.25, -0.2) is 0 Å². The van der Waals surface area contributed by atoms with E-state index in [0.29, 0.717) is 6.42 Å². The van der Waals surface area contributed by atoms with Crippen molar-refractivity contribution in [1.29, 1.82) is 0 Å². The highest BCUT2D eigenvalue weighted by Gasteiger charge is 2.34. The number of hydrogen-bond acceptors (Lipinski definition) is 0. The maximum absolute atomic E-state index is 12.0. The smallest absolute Gasteiger partial charge is 0.166 e. The van der Waals surface area contributed by atoms with Gasteiger partial charge in [0.05, 0.1) is 0 Å². The third kappa shape index (κ3) is 2.65. The maximum Gasteiger partial charge on any atom is 0.412 e. The minimum Gasteiger partial charge on any atom is -0.166 e. The summed E-state index contributed by atoms with van der Waals surface area (Å²) in [5.74, 6) is 0. The molecule has 0 heterocycles. The normalized spacial score (nSPS) is 26.5. The number of halogens is 4. The van der Waals surface area contributed by atoms with Crippen molar-refractivity contribution in [2.45, 2.75) is 29.4 Å². The molecule has 0 radical (unpaired) electrons. The topological polar surface area (TPSA) is 0 Å². The van der Waals surface area contributed by atoms with Crippen LogP contribution in [0.4, 0.5) is 13.2 Å². The molecule has 0 aromatic carbocycles. The summed E-state index contributed by atoms with van der Waals surface area (Å²) in [6, 6.07) is 0. The van der Waals surface area contributed by atoms with E-state index in [1.165, 1.54) is 6.08 Å². The molecule has 0 N–H and O–H groups in total. The molecule has 4 heteroatoms. The first-order valence-corrected chi connectivity index (χ1v) is 4.66. The van der Waals surface area contributed by atoms with Crippen LogP contribution < -0.4 is 0 Å². The van der Waals surface area contributed by atoms with E-state index >= 15 is 0 Å². The minimum absolute atomic E-state index is 0.0676. The Hall–Kier alpha value is 0.260. The molecule has 1 aliphatic rings. The van der Waals surface area contributed by atoms with Crippen LogP contribution in [0.1, 0.15) is 19.3 Å². The Labute approximate surface area is 77.0 Å². The molecule has 0 fully saturated rings. The van der Waals surface area contributed by atoms with Crippen molar-refractivity contribution in [3.8, 4) is 0 Å². The van der Waals surface area contributed by atoms with Crippen LogP contribution in [0.2, 0.25) is 0 Å². The largest absolute Gasteiger partial charge is 0.412 e. The summed E-state index contributed by atoms with van der Waals surface area (Å²) in [6.07, 6.45) is -1.02. The second-order valence-corrected chi connectivity index (χ2v) is 4.20. The lowest BCUT2D eigenvalue weighted by atomic mass is 9.99. The Balaban J connectivity index is 2.71. The Morgan fingerprint density at radius 1 is 1.45 bits per heavy atom. The average molecular weight is 276 g/mol. The summed E-state index contributed by atoms with van der Waals surface area (Å²) in [7, 11) is 0. The Morgan fingerprint density at radius 3 is 2.45 bits per heavy atom. The van der Waals surface area contributed by atoms with Gasteiger partial charge in [-0.15, -0.1) is 0 Å². The van der Waals surface area contributed by atoms with Gasteiger partial charge in [0.25, 0.3) is 0 Å². The van der Waals surface area contributed by atoms with Gasteiger partial charge in [-0.05, 0) is 19.3 Å². The van der Waals surface area contributed by atoms with Gasteiger partial charge in [0.15, 0.2) is 0 Å². The van der Waals surface area contributed by atoms with Crippen LogP contribution in [0.15, 0.2) is 11.6 Å². The van der Waals surface area contributed by atoms with Gasteiger partial charge >= 0.3 is 6.18 Å². The van der Waals surface area contributed by atoms with Gasteiger partial charge in [0.2, 0.25) is 0 Å². The molecule has 0 bridgehead atoms. The lowest BCUT2D eigenvalue weighted by Gasteiger charge is -2.18. The summed E-state index contributed by atoms with van der Waals surface area (Å²) in [4.78, 5) is 0.